The number of nitrogens with zero attached hydrogens (tertiary/aromatic N) is 2. The predicted octanol–water partition coefficient (Wildman–Crippen LogP) is 0.641. The smallest absolute Gasteiger partial charge is 0.188 e. The number of hydrogen-bond acceptors (Lipinski definition) is 2. The van der Waals surface area contributed by atoms with Gasteiger partial charge in [-0.05, 0) is 33.0 Å². The number of nitrogens with two attached hydrogens (primary N) is 1. The van der Waals surface area contributed by atoms with Crippen molar-refractivity contribution in [1.82, 2.24) is 10.2 Å². The van der Waals surface area contributed by atoms with Gasteiger partial charge in [0.05, 0.1) is 0 Å². The molecule has 4 nitrogen and oxygen atoms in total. The van der Waals surface area contributed by atoms with Gasteiger partial charge in [-0.25, -0.2) is 0 Å². The molecular weight excluding hydrogens is 176 g/mol. The van der Waals surface area contributed by atoms with Crippen LogP contribution < -0.4 is 11.1 Å². The minimum absolute atomic E-state index is 0.518. The Balaban J connectivity index is 0.000000791. The summed E-state index contributed by atoms with van der Waals surface area (Å²) in [6.45, 7) is 6.29. The van der Waals surface area contributed by atoms with Crippen LogP contribution in [0.15, 0.2) is 4.99 Å². The Morgan fingerprint density at radius 1 is 1.36 bits per heavy atom. The topological polar surface area (TPSA) is 53.6 Å². The molecule has 0 saturated carbocycles. The first-order chi connectivity index (χ1) is 6.72. The number of likely N-dealkylation sites (tertiary alicyclic amines) is 1. The number of guanidine groups is 1. The fourth-order valence-corrected chi connectivity index (χ4v) is 1.43. The zero-order valence-corrected chi connectivity index (χ0v) is 9.88. The third kappa shape index (κ3) is 5.07. The fourth-order valence-electron chi connectivity index (χ4n) is 1.43. The maximum Gasteiger partial charge on any atom is 0.188 e. The lowest BCUT2D eigenvalue weighted by molar-refractivity contribution is 0.246. The first-order valence-corrected chi connectivity index (χ1v) is 5.39. The van der Waals surface area contributed by atoms with Gasteiger partial charge in [0.1, 0.15) is 0 Å². The average molecular weight is 200 g/mol. The second-order valence-electron chi connectivity index (χ2n) is 3.33. The van der Waals surface area contributed by atoms with Crippen LogP contribution in [0.4, 0.5) is 0 Å². The molecule has 0 aliphatic carbocycles. The van der Waals surface area contributed by atoms with Crippen LogP contribution in [0.3, 0.4) is 0 Å². The van der Waals surface area contributed by atoms with E-state index in [1.54, 1.807) is 7.05 Å². The average Bonchev–Trinajstić information content (AvgIpc) is 2.24. The Morgan fingerprint density at radius 2 is 1.86 bits per heavy atom. The molecule has 0 aromatic carbocycles. The highest BCUT2D eigenvalue weighted by Crippen LogP contribution is 2.07. The Bertz CT molecular complexity index is 160. The first-order valence-electron chi connectivity index (χ1n) is 5.39. The van der Waals surface area contributed by atoms with Gasteiger partial charge in [-0.2, -0.15) is 0 Å². The minimum atomic E-state index is 0.518. The van der Waals surface area contributed by atoms with Crippen LogP contribution in [0.1, 0.15) is 26.7 Å². The molecule has 0 radical (unpaired) electrons. The Morgan fingerprint density at radius 3 is 2.29 bits per heavy atom. The summed E-state index contributed by atoms with van der Waals surface area (Å²) in [6, 6.07) is 0.518. The van der Waals surface area contributed by atoms with Crippen molar-refractivity contribution >= 4 is 5.96 Å². The van der Waals surface area contributed by atoms with Crippen LogP contribution in [-0.2, 0) is 0 Å². The highest BCUT2D eigenvalue weighted by Gasteiger charge is 2.16. The van der Waals surface area contributed by atoms with Gasteiger partial charge >= 0.3 is 0 Å². The third-order valence-electron chi connectivity index (χ3n) is 2.31. The number of rotatable bonds is 1. The summed E-state index contributed by atoms with van der Waals surface area (Å²) >= 11 is 0. The van der Waals surface area contributed by atoms with Crippen molar-refractivity contribution in [2.45, 2.75) is 32.7 Å². The summed E-state index contributed by atoms with van der Waals surface area (Å²) in [5, 5.41) is 3.19. The Labute approximate surface area is 87.6 Å². The van der Waals surface area contributed by atoms with Gasteiger partial charge in [-0.15, -0.1) is 0 Å². The van der Waals surface area contributed by atoms with E-state index in [0.29, 0.717) is 12.0 Å². The van der Waals surface area contributed by atoms with Gasteiger partial charge in [0.15, 0.2) is 5.96 Å². The largest absolute Gasteiger partial charge is 0.370 e. The van der Waals surface area contributed by atoms with Crippen molar-refractivity contribution in [1.29, 1.82) is 0 Å². The van der Waals surface area contributed by atoms with Gasteiger partial charge in [0, 0.05) is 13.1 Å². The molecule has 0 bridgehead atoms. The molecule has 1 rings (SSSR count). The van der Waals surface area contributed by atoms with Crippen molar-refractivity contribution in [2.24, 2.45) is 10.7 Å². The van der Waals surface area contributed by atoms with Crippen molar-refractivity contribution in [3.63, 3.8) is 0 Å². The van der Waals surface area contributed by atoms with E-state index in [1.165, 1.54) is 0 Å². The van der Waals surface area contributed by atoms with E-state index in [2.05, 4.69) is 22.3 Å². The molecule has 14 heavy (non-hydrogen) atoms. The van der Waals surface area contributed by atoms with Crippen LogP contribution in [0.5, 0.6) is 0 Å². The second kappa shape index (κ2) is 7.62. The van der Waals surface area contributed by atoms with Gasteiger partial charge in [0.25, 0.3) is 0 Å². The summed E-state index contributed by atoms with van der Waals surface area (Å²) in [5.41, 5.74) is 5.56. The number of aliphatic imine (C=N–C) groups is 1. The molecule has 4 heteroatoms. The number of hydrogen-bond donors (Lipinski definition) is 2. The maximum atomic E-state index is 5.56. The molecule has 1 aliphatic rings. The van der Waals surface area contributed by atoms with E-state index >= 15 is 0 Å². The van der Waals surface area contributed by atoms with E-state index in [0.717, 1.165) is 25.9 Å². The summed E-state index contributed by atoms with van der Waals surface area (Å²) in [6.07, 6.45) is 2.32. The fraction of sp³-hybridized carbons (Fsp3) is 0.900. The summed E-state index contributed by atoms with van der Waals surface area (Å²) < 4.78 is 0. The molecule has 1 fully saturated rings. The molecule has 84 valence electrons. The van der Waals surface area contributed by atoms with Crippen LogP contribution in [0.2, 0.25) is 0 Å². The second-order valence-corrected chi connectivity index (χ2v) is 3.33. The summed E-state index contributed by atoms with van der Waals surface area (Å²) in [5.74, 6) is 0.560. The van der Waals surface area contributed by atoms with Crippen molar-refractivity contribution in [3.05, 3.63) is 0 Å². The van der Waals surface area contributed by atoms with Crippen LogP contribution >= 0.6 is 0 Å². The normalized spacial score (nSPS) is 19.9. The zero-order valence-electron chi connectivity index (χ0n) is 9.88. The van der Waals surface area contributed by atoms with Crippen molar-refractivity contribution in [2.75, 3.05) is 27.2 Å². The van der Waals surface area contributed by atoms with E-state index in [9.17, 15) is 0 Å². The standard InChI is InChI=1S/C8H18N4.C2H6/c1-10-8(9)11-7-3-5-12(2)6-4-7;1-2/h7H,3-6H2,1-2H3,(H3,9,10,11);1-2H3. The number of nitrogens with one attached hydrogen (secondary N) is 1. The van der Waals surface area contributed by atoms with E-state index in [4.69, 9.17) is 5.73 Å². The maximum absolute atomic E-state index is 5.56. The zero-order chi connectivity index (χ0) is 11.0. The van der Waals surface area contributed by atoms with Crippen LogP contribution in [-0.4, -0.2) is 44.1 Å². The van der Waals surface area contributed by atoms with Gasteiger partial charge in [0.2, 0.25) is 0 Å². The quantitative estimate of drug-likeness (QED) is 0.482. The van der Waals surface area contributed by atoms with Crippen molar-refractivity contribution in [3.8, 4) is 0 Å². The van der Waals surface area contributed by atoms with E-state index in [1.807, 2.05) is 13.8 Å². The molecule has 1 saturated heterocycles. The van der Waals surface area contributed by atoms with Gasteiger partial charge < -0.3 is 16.0 Å². The van der Waals surface area contributed by atoms with E-state index in [-0.39, 0.29) is 0 Å². The molecule has 1 heterocycles. The molecule has 3 N–H and O–H groups in total. The highest BCUT2D eigenvalue weighted by atomic mass is 15.1. The van der Waals surface area contributed by atoms with Crippen LogP contribution in [0.25, 0.3) is 0 Å². The molecule has 0 amide bonds. The lowest BCUT2D eigenvalue weighted by Gasteiger charge is -2.29. The van der Waals surface area contributed by atoms with Crippen molar-refractivity contribution < 1.29 is 0 Å². The molecule has 0 spiro atoms. The molecule has 1 aliphatic heterocycles. The summed E-state index contributed by atoms with van der Waals surface area (Å²) in [7, 11) is 3.85. The third-order valence-corrected chi connectivity index (χ3v) is 2.31. The lowest BCUT2D eigenvalue weighted by atomic mass is 10.1. The predicted molar refractivity (Wildman–Crippen MR) is 62.5 cm³/mol. The van der Waals surface area contributed by atoms with Gasteiger partial charge in [-0.3, -0.25) is 4.99 Å². The molecular formula is C10H24N4. The van der Waals surface area contributed by atoms with Crippen LogP contribution in [0, 0.1) is 0 Å². The number of piperidine rings is 1. The molecule has 0 atom stereocenters. The minimum Gasteiger partial charge on any atom is -0.370 e. The summed E-state index contributed by atoms with van der Waals surface area (Å²) in [4.78, 5) is 6.20. The lowest BCUT2D eigenvalue weighted by Crippen LogP contribution is -2.46. The van der Waals surface area contributed by atoms with E-state index < -0.39 is 0 Å². The Hall–Kier alpha value is -0.770. The van der Waals surface area contributed by atoms with Gasteiger partial charge in [-0.1, -0.05) is 13.8 Å². The molecule has 0 unspecified atom stereocenters. The highest BCUT2D eigenvalue weighted by molar-refractivity contribution is 5.77. The first kappa shape index (κ1) is 13.2. The monoisotopic (exact) mass is 200 g/mol. The molecule has 0 aromatic heterocycles. The Kier molecular flexibility index (Phi) is 7.20. The SMILES string of the molecule is CC.CN=C(N)NC1CCN(C)CC1. The molecule has 0 aromatic rings.